The summed E-state index contributed by atoms with van der Waals surface area (Å²) in [5.41, 5.74) is 7.75. The second-order valence-electron chi connectivity index (χ2n) is 14.0. The number of hydrogen-bond donors (Lipinski definition) is 0. The zero-order chi connectivity index (χ0) is 34.9. The molecule has 11 rings (SSSR count). The van der Waals surface area contributed by atoms with Crippen LogP contribution in [0.4, 0.5) is 17.1 Å². The van der Waals surface area contributed by atoms with Gasteiger partial charge in [-0.15, -0.1) is 0 Å². The first-order chi connectivity index (χ1) is 26.3. The number of anilines is 3. The highest BCUT2D eigenvalue weighted by Gasteiger charge is 2.48. The summed E-state index contributed by atoms with van der Waals surface area (Å²) < 4.78 is 6.52. The van der Waals surface area contributed by atoms with Crippen molar-refractivity contribution in [2.24, 2.45) is 0 Å². The zero-order valence-corrected chi connectivity index (χ0v) is 29.9. The third kappa shape index (κ3) is 4.38. The lowest BCUT2D eigenvalue weighted by atomic mass is 9.98. The van der Waals surface area contributed by atoms with Crippen LogP contribution in [0.3, 0.4) is 0 Å². The fourth-order valence-corrected chi connectivity index (χ4v) is 14.3. The van der Waals surface area contributed by atoms with E-state index in [1.54, 1.807) is 0 Å². The van der Waals surface area contributed by atoms with E-state index < -0.39 is 8.07 Å². The molecule has 1 aliphatic heterocycles. The monoisotopic (exact) mass is 691 g/mol. The van der Waals surface area contributed by atoms with E-state index in [4.69, 9.17) is 4.42 Å². The average molecular weight is 692 g/mol. The Bertz CT molecular complexity index is 2980. The summed E-state index contributed by atoms with van der Waals surface area (Å²) in [5, 5.41) is 12.8. The quantitative estimate of drug-likeness (QED) is 0.132. The van der Waals surface area contributed by atoms with Gasteiger partial charge in [0.15, 0.2) is 8.07 Å². The Labute approximate surface area is 308 Å². The van der Waals surface area contributed by atoms with Crippen LogP contribution in [0, 0.1) is 0 Å². The van der Waals surface area contributed by atoms with Crippen LogP contribution in [0.15, 0.2) is 205 Å². The van der Waals surface area contributed by atoms with Crippen molar-refractivity contribution in [2.75, 3.05) is 4.90 Å². The number of hydrogen-bond acceptors (Lipinski definition) is 2. The minimum atomic E-state index is -2.71. The van der Waals surface area contributed by atoms with Crippen molar-refractivity contribution in [1.29, 1.82) is 0 Å². The minimum Gasteiger partial charge on any atom is -0.456 e. The predicted octanol–water partition coefficient (Wildman–Crippen LogP) is 10.7. The van der Waals surface area contributed by atoms with Gasteiger partial charge in [-0.1, -0.05) is 158 Å². The van der Waals surface area contributed by atoms with Gasteiger partial charge in [-0.2, -0.15) is 0 Å². The summed E-state index contributed by atoms with van der Waals surface area (Å²) in [6.45, 7) is 0. The Balaban J connectivity index is 1.24. The van der Waals surface area contributed by atoms with Gasteiger partial charge in [-0.3, -0.25) is 0 Å². The van der Waals surface area contributed by atoms with Gasteiger partial charge in [0.25, 0.3) is 0 Å². The molecule has 0 spiro atoms. The van der Waals surface area contributed by atoms with Gasteiger partial charge in [0.1, 0.15) is 11.2 Å². The minimum absolute atomic E-state index is 0.879. The Morgan fingerprint density at radius 1 is 0.358 bits per heavy atom. The fraction of sp³-hybridized carbons (Fsp3) is 0. The number of para-hydroxylation sites is 1. The fourth-order valence-electron chi connectivity index (χ4n) is 9.07. The Hall–Kier alpha value is -6.68. The normalized spacial score (nSPS) is 13.1. The average Bonchev–Trinajstić information content (AvgIpc) is 3.75. The van der Waals surface area contributed by atoms with E-state index in [1.807, 2.05) is 6.07 Å². The Morgan fingerprint density at radius 2 is 0.925 bits per heavy atom. The first kappa shape index (κ1) is 30.0. The Morgan fingerprint density at radius 3 is 1.72 bits per heavy atom. The second-order valence-corrected chi connectivity index (χ2v) is 17.8. The molecule has 3 heteroatoms. The summed E-state index contributed by atoms with van der Waals surface area (Å²) >= 11 is 0. The summed E-state index contributed by atoms with van der Waals surface area (Å²) in [7, 11) is -2.71. The van der Waals surface area contributed by atoms with Gasteiger partial charge < -0.3 is 9.32 Å². The van der Waals surface area contributed by atoms with Crippen LogP contribution in [0.25, 0.3) is 54.6 Å². The summed E-state index contributed by atoms with van der Waals surface area (Å²) in [4.78, 5) is 2.46. The van der Waals surface area contributed by atoms with Gasteiger partial charge in [0, 0.05) is 33.6 Å². The molecular weight excluding hydrogens is 659 g/mol. The van der Waals surface area contributed by atoms with Crippen LogP contribution in [0.1, 0.15) is 0 Å². The van der Waals surface area contributed by atoms with E-state index in [1.165, 1.54) is 53.4 Å². The number of furan rings is 1. The van der Waals surface area contributed by atoms with Crippen LogP contribution in [0.5, 0.6) is 0 Å². The largest absolute Gasteiger partial charge is 0.456 e. The number of fused-ring (bicyclic) bond motifs is 9. The Kier molecular flexibility index (Phi) is 6.61. The molecule has 248 valence electrons. The molecule has 53 heavy (non-hydrogen) atoms. The van der Waals surface area contributed by atoms with Crippen molar-refractivity contribution in [1.82, 2.24) is 0 Å². The molecule has 9 aromatic carbocycles. The van der Waals surface area contributed by atoms with E-state index in [0.717, 1.165) is 39.0 Å². The van der Waals surface area contributed by atoms with Gasteiger partial charge in [0.2, 0.25) is 0 Å². The van der Waals surface area contributed by atoms with Crippen molar-refractivity contribution < 1.29 is 4.42 Å². The molecule has 0 fully saturated rings. The first-order valence-corrected chi connectivity index (χ1v) is 20.3. The van der Waals surface area contributed by atoms with Crippen LogP contribution >= 0.6 is 0 Å². The van der Waals surface area contributed by atoms with Crippen molar-refractivity contribution >= 4 is 89.4 Å². The van der Waals surface area contributed by atoms with Crippen molar-refractivity contribution in [3.8, 4) is 11.1 Å². The van der Waals surface area contributed by atoms with Crippen molar-refractivity contribution in [2.45, 2.75) is 0 Å². The molecule has 2 nitrogen and oxygen atoms in total. The summed E-state index contributed by atoms with van der Waals surface area (Å²) in [5.74, 6) is 0. The molecule has 0 N–H and O–H groups in total. The topological polar surface area (TPSA) is 16.4 Å². The molecule has 1 aliphatic rings. The predicted molar refractivity (Wildman–Crippen MR) is 226 cm³/mol. The maximum Gasteiger partial charge on any atom is 0.180 e. The molecule has 0 amide bonds. The standard InChI is InChI=1S/C50H33NOSi/c1-3-16-37(17-4-1)53(38-18-5-2-6-19-38)49-26-14-12-24-44(49)45-30-28-36(33-50(45)53)51(35-27-29-43-42-23-11-13-25-47(42)52-48(43)32-35)46-31-34-15-7-8-20-39(34)40-21-9-10-22-41(40)46/h1-33H. The smallest absolute Gasteiger partial charge is 0.180 e. The lowest BCUT2D eigenvalue weighted by Crippen LogP contribution is -2.72. The van der Waals surface area contributed by atoms with Crippen LogP contribution < -0.4 is 25.6 Å². The third-order valence-electron chi connectivity index (χ3n) is 11.3. The lowest BCUT2D eigenvalue weighted by molar-refractivity contribution is 0.669. The zero-order valence-electron chi connectivity index (χ0n) is 28.9. The second kappa shape index (κ2) is 11.7. The molecule has 10 aromatic rings. The molecule has 0 saturated carbocycles. The first-order valence-electron chi connectivity index (χ1n) is 18.3. The van der Waals surface area contributed by atoms with Crippen LogP contribution in [-0.2, 0) is 0 Å². The van der Waals surface area contributed by atoms with E-state index in [-0.39, 0.29) is 0 Å². The van der Waals surface area contributed by atoms with Crippen molar-refractivity contribution in [3.63, 3.8) is 0 Å². The van der Waals surface area contributed by atoms with E-state index in [0.29, 0.717) is 0 Å². The van der Waals surface area contributed by atoms with Gasteiger partial charge in [0.05, 0.1) is 5.69 Å². The van der Waals surface area contributed by atoms with Crippen molar-refractivity contribution in [3.05, 3.63) is 200 Å². The van der Waals surface area contributed by atoms with Gasteiger partial charge in [-0.25, -0.2) is 0 Å². The number of nitrogens with zero attached hydrogens (tertiary/aromatic N) is 1. The van der Waals surface area contributed by atoms with E-state index in [2.05, 4.69) is 199 Å². The summed E-state index contributed by atoms with van der Waals surface area (Å²) in [6, 6.07) is 73.7. The molecule has 0 unspecified atom stereocenters. The maximum absolute atomic E-state index is 6.52. The van der Waals surface area contributed by atoms with Gasteiger partial charge in [-0.05, 0) is 84.4 Å². The highest BCUT2D eigenvalue weighted by Crippen LogP contribution is 2.44. The number of rotatable bonds is 5. The summed E-state index contributed by atoms with van der Waals surface area (Å²) in [6.07, 6.45) is 0. The molecule has 0 saturated heterocycles. The molecular formula is C50H33NOSi. The molecule has 0 bridgehead atoms. The molecule has 2 heterocycles. The lowest BCUT2D eigenvalue weighted by Gasteiger charge is -2.33. The van der Waals surface area contributed by atoms with Gasteiger partial charge >= 0.3 is 0 Å². The SMILES string of the molecule is c1ccc([Si]2(c3ccccc3)c3ccccc3-c3ccc(N(c4ccc5c(c4)oc4ccccc45)c4cc5ccccc5c5ccccc45)cc32)cc1. The van der Waals surface area contributed by atoms with Crippen LogP contribution in [-0.4, -0.2) is 8.07 Å². The highest BCUT2D eigenvalue weighted by molar-refractivity contribution is 7.22. The van der Waals surface area contributed by atoms with Crippen LogP contribution in [0.2, 0.25) is 0 Å². The highest BCUT2D eigenvalue weighted by atomic mass is 28.3. The molecule has 1 aromatic heterocycles. The molecule has 0 atom stereocenters. The molecule has 0 radical (unpaired) electrons. The third-order valence-corrected chi connectivity index (χ3v) is 16.2. The maximum atomic E-state index is 6.52. The van der Waals surface area contributed by atoms with E-state index >= 15 is 0 Å². The van der Waals surface area contributed by atoms with E-state index in [9.17, 15) is 0 Å². The molecule has 0 aliphatic carbocycles. The number of benzene rings is 9.